The molecule has 0 saturated carbocycles. The van der Waals surface area contributed by atoms with E-state index in [1.807, 2.05) is 0 Å². The van der Waals surface area contributed by atoms with E-state index in [2.05, 4.69) is 4.74 Å². The van der Waals surface area contributed by atoms with Gasteiger partial charge < -0.3 is 4.74 Å². The van der Waals surface area contributed by atoms with Crippen LogP contribution in [0.3, 0.4) is 0 Å². The Bertz CT molecular complexity index is 209. The van der Waals surface area contributed by atoms with Gasteiger partial charge in [-0.2, -0.15) is 13.2 Å². The molecule has 3 unspecified atom stereocenters. The van der Waals surface area contributed by atoms with Crippen molar-refractivity contribution in [3.05, 3.63) is 0 Å². The van der Waals surface area contributed by atoms with Gasteiger partial charge in [0.15, 0.2) is 6.10 Å². The fourth-order valence-corrected chi connectivity index (χ4v) is 2.17. The monoisotopic (exact) mass is 236 g/mol. The van der Waals surface area contributed by atoms with Gasteiger partial charge in [0.2, 0.25) is 0 Å². The molecule has 0 radical (unpaired) electrons. The molecular weight excluding hydrogens is 229 g/mol. The van der Waals surface area contributed by atoms with Crippen LogP contribution in [0.5, 0.6) is 0 Å². The molecule has 0 aromatic carbocycles. The molecule has 0 N–H and O–H groups in total. The summed E-state index contributed by atoms with van der Waals surface area (Å²) in [6.45, 7) is 0. The SMILES string of the molecule is O=S(Cl)CC1CCC(C(F)(F)F)O1. The topological polar surface area (TPSA) is 26.3 Å². The third-order valence-corrected chi connectivity index (χ3v) is 2.80. The summed E-state index contributed by atoms with van der Waals surface area (Å²) in [5.41, 5.74) is 0. The van der Waals surface area contributed by atoms with Crippen molar-refractivity contribution in [2.24, 2.45) is 0 Å². The summed E-state index contributed by atoms with van der Waals surface area (Å²) in [6.07, 6.45) is -6.45. The van der Waals surface area contributed by atoms with Crippen LogP contribution in [0.2, 0.25) is 0 Å². The Kier molecular flexibility index (Phi) is 3.59. The van der Waals surface area contributed by atoms with E-state index in [9.17, 15) is 17.4 Å². The molecule has 13 heavy (non-hydrogen) atoms. The Balaban J connectivity index is 2.41. The van der Waals surface area contributed by atoms with E-state index in [1.165, 1.54) is 0 Å². The number of hydrogen-bond donors (Lipinski definition) is 0. The van der Waals surface area contributed by atoms with Crippen molar-refractivity contribution >= 4 is 20.7 Å². The molecule has 2 nitrogen and oxygen atoms in total. The number of halogens is 4. The first kappa shape index (κ1) is 11.3. The van der Waals surface area contributed by atoms with Gasteiger partial charge >= 0.3 is 6.18 Å². The first-order valence-corrected chi connectivity index (χ1v) is 5.81. The van der Waals surface area contributed by atoms with Crippen molar-refractivity contribution in [3.8, 4) is 0 Å². The van der Waals surface area contributed by atoms with E-state index in [0.717, 1.165) is 0 Å². The van der Waals surface area contributed by atoms with Crippen LogP contribution < -0.4 is 0 Å². The lowest BCUT2D eigenvalue weighted by Crippen LogP contribution is -2.29. The van der Waals surface area contributed by atoms with Gasteiger partial charge in [-0.1, -0.05) is 0 Å². The zero-order valence-corrected chi connectivity index (χ0v) is 8.09. The van der Waals surface area contributed by atoms with E-state index in [4.69, 9.17) is 10.7 Å². The maximum Gasteiger partial charge on any atom is 0.414 e. The quantitative estimate of drug-likeness (QED) is 0.686. The lowest BCUT2D eigenvalue weighted by atomic mass is 10.2. The Hall–Kier alpha value is 0.190. The lowest BCUT2D eigenvalue weighted by molar-refractivity contribution is -0.213. The molecule has 7 heteroatoms. The largest absolute Gasteiger partial charge is 0.414 e. The number of hydrogen-bond acceptors (Lipinski definition) is 2. The predicted molar refractivity (Wildman–Crippen MR) is 42.8 cm³/mol. The second-order valence-corrected chi connectivity index (χ2v) is 4.77. The minimum Gasteiger partial charge on any atom is -0.365 e. The molecule has 0 aromatic rings. The lowest BCUT2D eigenvalue weighted by Gasteiger charge is -2.15. The third kappa shape index (κ3) is 3.44. The van der Waals surface area contributed by atoms with E-state index < -0.39 is 28.4 Å². The van der Waals surface area contributed by atoms with Crippen LogP contribution in [-0.2, 0) is 14.7 Å². The molecule has 0 aliphatic carbocycles. The highest BCUT2D eigenvalue weighted by atomic mass is 35.7. The van der Waals surface area contributed by atoms with Gasteiger partial charge in [0, 0.05) is 0 Å². The molecule has 0 bridgehead atoms. The highest BCUT2D eigenvalue weighted by Gasteiger charge is 2.45. The minimum absolute atomic E-state index is 0.0336. The van der Waals surface area contributed by atoms with Crippen LogP contribution in [0, 0.1) is 0 Å². The predicted octanol–water partition coefficient (Wildman–Crippen LogP) is 2.00. The first-order valence-electron chi connectivity index (χ1n) is 3.66. The highest BCUT2D eigenvalue weighted by molar-refractivity contribution is 8.08. The average Bonchev–Trinajstić information content (AvgIpc) is 2.32. The van der Waals surface area contributed by atoms with Gasteiger partial charge in [-0.15, -0.1) is 0 Å². The van der Waals surface area contributed by atoms with Gasteiger partial charge in [-0.3, -0.25) is 0 Å². The molecule has 0 amide bonds. The fourth-order valence-electron chi connectivity index (χ4n) is 1.22. The Morgan fingerprint density at radius 3 is 2.46 bits per heavy atom. The number of alkyl halides is 3. The van der Waals surface area contributed by atoms with Gasteiger partial charge in [-0.05, 0) is 23.5 Å². The van der Waals surface area contributed by atoms with Gasteiger partial charge in [-0.25, -0.2) is 4.21 Å². The molecule has 1 heterocycles. The van der Waals surface area contributed by atoms with E-state index in [1.54, 1.807) is 0 Å². The fraction of sp³-hybridized carbons (Fsp3) is 1.00. The maximum atomic E-state index is 12.0. The van der Waals surface area contributed by atoms with Crippen molar-refractivity contribution in [2.75, 3.05) is 5.75 Å². The van der Waals surface area contributed by atoms with E-state index in [0.29, 0.717) is 0 Å². The third-order valence-electron chi connectivity index (χ3n) is 1.79. The molecule has 78 valence electrons. The summed E-state index contributed by atoms with van der Waals surface area (Å²) in [4.78, 5) is 0. The summed E-state index contributed by atoms with van der Waals surface area (Å²) in [6, 6.07) is 0. The van der Waals surface area contributed by atoms with Crippen LogP contribution in [0.25, 0.3) is 0 Å². The maximum absolute atomic E-state index is 12.0. The van der Waals surface area contributed by atoms with Crippen LogP contribution in [0.15, 0.2) is 0 Å². The normalized spacial score (nSPS) is 32.0. The van der Waals surface area contributed by atoms with Crippen LogP contribution in [0.4, 0.5) is 13.2 Å². The second kappa shape index (κ2) is 4.14. The van der Waals surface area contributed by atoms with Gasteiger partial charge in [0.1, 0.15) is 10.0 Å². The number of rotatable bonds is 2. The summed E-state index contributed by atoms with van der Waals surface area (Å²) >= 11 is 0. The van der Waals surface area contributed by atoms with Crippen LogP contribution >= 0.6 is 10.7 Å². The molecular formula is C6H8ClF3O2S. The van der Waals surface area contributed by atoms with Crippen molar-refractivity contribution in [3.63, 3.8) is 0 Å². The van der Waals surface area contributed by atoms with Crippen molar-refractivity contribution in [2.45, 2.75) is 31.2 Å². The van der Waals surface area contributed by atoms with Gasteiger partial charge in [0.25, 0.3) is 0 Å². The zero-order valence-electron chi connectivity index (χ0n) is 6.51. The Morgan fingerprint density at radius 1 is 1.46 bits per heavy atom. The molecule has 1 aliphatic rings. The standard InChI is InChI=1S/C6H8ClF3O2S/c7-13(11)3-4-1-2-5(12-4)6(8,9)10/h4-5H,1-3H2. The van der Waals surface area contributed by atoms with E-state index in [-0.39, 0.29) is 18.6 Å². The van der Waals surface area contributed by atoms with Crippen LogP contribution in [-0.4, -0.2) is 28.3 Å². The molecule has 1 rings (SSSR count). The van der Waals surface area contributed by atoms with Crippen molar-refractivity contribution in [1.29, 1.82) is 0 Å². The highest BCUT2D eigenvalue weighted by Crippen LogP contribution is 2.33. The zero-order chi connectivity index (χ0) is 10.1. The molecule has 1 aliphatic heterocycles. The Morgan fingerprint density at radius 2 is 2.08 bits per heavy atom. The smallest absolute Gasteiger partial charge is 0.365 e. The summed E-state index contributed by atoms with van der Waals surface area (Å²) in [5, 5.41) is 0. The average molecular weight is 237 g/mol. The van der Waals surface area contributed by atoms with Crippen molar-refractivity contribution < 1.29 is 22.1 Å². The van der Waals surface area contributed by atoms with E-state index >= 15 is 0 Å². The molecule has 0 aromatic heterocycles. The number of ether oxygens (including phenoxy) is 1. The molecule has 0 spiro atoms. The summed E-state index contributed by atoms with van der Waals surface area (Å²) in [5.74, 6) is -0.0336. The second-order valence-electron chi connectivity index (χ2n) is 2.82. The summed E-state index contributed by atoms with van der Waals surface area (Å²) in [7, 11) is 3.51. The minimum atomic E-state index is -4.32. The van der Waals surface area contributed by atoms with Crippen molar-refractivity contribution in [1.82, 2.24) is 0 Å². The molecule has 3 atom stereocenters. The van der Waals surface area contributed by atoms with Crippen LogP contribution in [0.1, 0.15) is 12.8 Å². The molecule has 1 saturated heterocycles. The Labute approximate surface area is 80.3 Å². The van der Waals surface area contributed by atoms with Gasteiger partial charge in [0.05, 0.1) is 11.9 Å². The first-order chi connectivity index (χ1) is 5.89. The summed E-state index contributed by atoms with van der Waals surface area (Å²) < 4.78 is 51.2. The molecule has 1 fully saturated rings.